The normalized spacial score (nSPS) is 15.8. The van der Waals surface area contributed by atoms with Crippen LogP contribution in [0.4, 0.5) is 5.69 Å². The largest absolute Gasteiger partial charge is 0.506 e. The summed E-state index contributed by atoms with van der Waals surface area (Å²) in [6, 6.07) is 5.47. The van der Waals surface area contributed by atoms with Crippen LogP contribution in [0.3, 0.4) is 0 Å². The Bertz CT molecular complexity index is 357. The van der Waals surface area contributed by atoms with E-state index in [1.807, 2.05) is 26.0 Å². The summed E-state index contributed by atoms with van der Waals surface area (Å²) in [5.74, 6) is 1.11. The molecular weight excluding hydrogens is 202 g/mol. The molecule has 2 rings (SSSR count). The van der Waals surface area contributed by atoms with E-state index >= 15 is 0 Å². The molecule has 1 saturated heterocycles. The molecule has 1 aliphatic heterocycles. The number of hydrogen-bond acceptors (Lipinski definition) is 3. The fourth-order valence-corrected chi connectivity index (χ4v) is 2.12. The SMILES string of the molecule is CC(C)Oc1cccc(O)c1N1CCCC1. The number of hydrogen-bond donors (Lipinski definition) is 1. The second-order valence-electron chi connectivity index (χ2n) is 4.48. The fourth-order valence-electron chi connectivity index (χ4n) is 2.12. The molecule has 0 saturated carbocycles. The van der Waals surface area contributed by atoms with Crippen LogP contribution < -0.4 is 9.64 Å². The quantitative estimate of drug-likeness (QED) is 0.852. The molecule has 0 spiro atoms. The predicted molar refractivity (Wildman–Crippen MR) is 65.3 cm³/mol. The first-order chi connectivity index (χ1) is 7.68. The summed E-state index contributed by atoms with van der Waals surface area (Å²) in [6.07, 6.45) is 2.51. The van der Waals surface area contributed by atoms with Crippen LogP contribution in [0, 0.1) is 0 Å². The molecule has 1 heterocycles. The summed E-state index contributed by atoms with van der Waals surface area (Å²) in [7, 11) is 0. The van der Waals surface area contributed by atoms with E-state index < -0.39 is 0 Å². The molecule has 1 aromatic rings. The highest BCUT2D eigenvalue weighted by Gasteiger charge is 2.20. The summed E-state index contributed by atoms with van der Waals surface area (Å²) >= 11 is 0. The van der Waals surface area contributed by atoms with Gasteiger partial charge in [0.1, 0.15) is 17.2 Å². The molecule has 0 radical (unpaired) electrons. The molecule has 1 N–H and O–H groups in total. The Hall–Kier alpha value is -1.38. The summed E-state index contributed by atoms with van der Waals surface area (Å²) in [4.78, 5) is 2.20. The first kappa shape index (κ1) is 11.1. The molecule has 16 heavy (non-hydrogen) atoms. The van der Waals surface area contributed by atoms with Gasteiger partial charge < -0.3 is 14.7 Å². The van der Waals surface area contributed by atoms with Crippen LogP contribution in [-0.4, -0.2) is 24.3 Å². The standard InChI is InChI=1S/C13H19NO2/c1-10(2)16-12-7-5-6-11(15)13(12)14-8-3-4-9-14/h5-7,10,15H,3-4,8-9H2,1-2H3. The number of para-hydroxylation sites is 1. The summed E-state index contributed by atoms with van der Waals surface area (Å²) in [6.45, 7) is 6.01. The molecule has 0 aliphatic carbocycles. The van der Waals surface area contributed by atoms with Gasteiger partial charge in [-0.05, 0) is 38.8 Å². The van der Waals surface area contributed by atoms with E-state index in [0.29, 0.717) is 5.75 Å². The van der Waals surface area contributed by atoms with Crippen molar-refractivity contribution in [3.8, 4) is 11.5 Å². The van der Waals surface area contributed by atoms with Gasteiger partial charge in [-0.25, -0.2) is 0 Å². The smallest absolute Gasteiger partial charge is 0.146 e. The van der Waals surface area contributed by atoms with Crippen molar-refractivity contribution >= 4 is 5.69 Å². The van der Waals surface area contributed by atoms with Crippen molar-refractivity contribution in [3.63, 3.8) is 0 Å². The molecule has 0 amide bonds. The van der Waals surface area contributed by atoms with Gasteiger partial charge in [0, 0.05) is 13.1 Å². The van der Waals surface area contributed by atoms with E-state index in [-0.39, 0.29) is 6.10 Å². The average Bonchev–Trinajstić information content (AvgIpc) is 2.69. The Labute approximate surface area is 96.6 Å². The van der Waals surface area contributed by atoms with E-state index in [4.69, 9.17) is 4.74 Å². The highest BCUT2D eigenvalue weighted by molar-refractivity contribution is 5.67. The minimum Gasteiger partial charge on any atom is -0.506 e. The molecule has 1 fully saturated rings. The lowest BCUT2D eigenvalue weighted by molar-refractivity contribution is 0.242. The zero-order valence-corrected chi connectivity index (χ0v) is 9.94. The van der Waals surface area contributed by atoms with E-state index in [9.17, 15) is 5.11 Å². The van der Waals surface area contributed by atoms with Crippen LogP contribution in [0.25, 0.3) is 0 Å². The number of phenolic OH excluding ortho intramolecular Hbond substituents is 1. The van der Waals surface area contributed by atoms with Crippen molar-refractivity contribution < 1.29 is 9.84 Å². The number of benzene rings is 1. The third-order valence-electron chi connectivity index (χ3n) is 2.76. The van der Waals surface area contributed by atoms with E-state index in [1.165, 1.54) is 12.8 Å². The van der Waals surface area contributed by atoms with Crippen LogP contribution in [0.15, 0.2) is 18.2 Å². The van der Waals surface area contributed by atoms with Gasteiger partial charge in [0.2, 0.25) is 0 Å². The Morgan fingerprint density at radius 3 is 2.56 bits per heavy atom. The molecule has 0 bridgehead atoms. The minimum absolute atomic E-state index is 0.128. The number of rotatable bonds is 3. The Morgan fingerprint density at radius 2 is 1.94 bits per heavy atom. The number of phenols is 1. The van der Waals surface area contributed by atoms with E-state index in [1.54, 1.807) is 6.07 Å². The van der Waals surface area contributed by atoms with Crippen molar-refractivity contribution in [3.05, 3.63) is 18.2 Å². The van der Waals surface area contributed by atoms with Crippen LogP contribution >= 0.6 is 0 Å². The lowest BCUT2D eigenvalue weighted by Gasteiger charge is -2.23. The minimum atomic E-state index is 0.128. The van der Waals surface area contributed by atoms with Gasteiger partial charge in [-0.15, -0.1) is 0 Å². The highest BCUT2D eigenvalue weighted by Crippen LogP contribution is 2.39. The molecule has 1 aromatic carbocycles. The first-order valence-electron chi connectivity index (χ1n) is 5.92. The Kier molecular flexibility index (Phi) is 3.22. The summed E-state index contributed by atoms with van der Waals surface area (Å²) in [5, 5.41) is 9.94. The van der Waals surface area contributed by atoms with Crippen LogP contribution in [0.1, 0.15) is 26.7 Å². The zero-order valence-electron chi connectivity index (χ0n) is 9.94. The maximum absolute atomic E-state index is 9.94. The van der Waals surface area contributed by atoms with Gasteiger partial charge in [0.05, 0.1) is 6.10 Å². The van der Waals surface area contributed by atoms with E-state index in [2.05, 4.69) is 4.90 Å². The van der Waals surface area contributed by atoms with Crippen molar-refractivity contribution in [2.24, 2.45) is 0 Å². The average molecular weight is 221 g/mol. The maximum atomic E-state index is 9.94. The predicted octanol–water partition coefficient (Wildman–Crippen LogP) is 2.78. The first-order valence-corrected chi connectivity index (χ1v) is 5.92. The number of anilines is 1. The van der Waals surface area contributed by atoms with Gasteiger partial charge in [-0.1, -0.05) is 6.07 Å². The van der Waals surface area contributed by atoms with Crippen molar-refractivity contribution in [1.29, 1.82) is 0 Å². The van der Waals surface area contributed by atoms with Crippen LogP contribution in [0.5, 0.6) is 11.5 Å². The fraction of sp³-hybridized carbons (Fsp3) is 0.538. The number of aromatic hydroxyl groups is 1. The molecular formula is C13H19NO2. The molecule has 0 atom stereocenters. The third kappa shape index (κ3) is 2.23. The van der Waals surface area contributed by atoms with Crippen molar-refractivity contribution in [2.75, 3.05) is 18.0 Å². The molecule has 1 aliphatic rings. The maximum Gasteiger partial charge on any atom is 0.146 e. The second-order valence-corrected chi connectivity index (χ2v) is 4.48. The van der Waals surface area contributed by atoms with Crippen molar-refractivity contribution in [2.45, 2.75) is 32.8 Å². The van der Waals surface area contributed by atoms with Gasteiger partial charge in [-0.2, -0.15) is 0 Å². The van der Waals surface area contributed by atoms with Crippen LogP contribution in [0.2, 0.25) is 0 Å². The monoisotopic (exact) mass is 221 g/mol. The second kappa shape index (κ2) is 4.64. The molecule has 0 aromatic heterocycles. The topological polar surface area (TPSA) is 32.7 Å². The zero-order chi connectivity index (χ0) is 11.5. The number of ether oxygens (including phenoxy) is 1. The number of nitrogens with zero attached hydrogens (tertiary/aromatic N) is 1. The van der Waals surface area contributed by atoms with Gasteiger partial charge in [0.25, 0.3) is 0 Å². The lowest BCUT2D eigenvalue weighted by atomic mass is 10.2. The van der Waals surface area contributed by atoms with Gasteiger partial charge in [0.15, 0.2) is 0 Å². The third-order valence-corrected chi connectivity index (χ3v) is 2.76. The lowest BCUT2D eigenvalue weighted by Crippen LogP contribution is -2.19. The molecule has 88 valence electrons. The summed E-state index contributed by atoms with van der Waals surface area (Å²) in [5.41, 5.74) is 0.855. The molecule has 3 nitrogen and oxygen atoms in total. The van der Waals surface area contributed by atoms with Crippen molar-refractivity contribution in [1.82, 2.24) is 0 Å². The van der Waals surface area contributed by atoms with Crippen LogP contribution in [-0.2, 0) is 0 Å². The van der Waals surface area contributed by atoms with Gasteiger partial charge >= 0.3 is 0 Å². The Morgan fingerprint density at radius 1 is 1.25 bits per heavy atom. The van der Waals surface area contributed by atoms with E-state index in [0.717, 1.165) is 24.5 Å². The van der Waals surface area contributed by atoms with Gasteiger partial charge in [-0.3, -0.25) is 0 Å². The Balaban J connectivity index is 2.31. The molecule has 0 unspecified atom stereocenters. The summed E-state index contributed by atoms with van der Waals surface area (Å²) < 4.78 is 5.74. The molecule has 3 heteroatoms. The highest BCUT2D eigenvalue weighted by atomic mass is 16.5.